The van der Waals surface area contributed by atoms with Crippen LogP contribution in [0, 0.1) is 5.82 Å². The Morgan fingerprint density at radius 3 is 2.49 bits per heavy atom. The van der Waals surface area contributed by atoms with Crippen molar-refractivity contribution in [3.05, 3.63) is 72.4 Å². The first kappa shape index (κ1) is 25.8. The van der Waals surface area contributed by atoms with Gasteiger partial charge in [-0.2, -0.15) is 0 Å². The molecule has 0 spiro atoms. The topological polar surface area (TPSA) is 99.8 Å². The number of benzene rings is 2. The van der Waals surface area contributed by atoms with Gasteiger partial charge in [-0.05, 0) is 75.7 Å². The van der Waals surface area contributed by atoms with Gasteiger partial charge < -0.3 is 14.9 Å². The van der Waals surface area contributed by atoms with E-state index in [9.17, 15) is 14.6 Å². The lowest BCUT2D eigenvalue weighted by atomic mass is 10.00. The quantitative estimate of drug-likeness (QED) is 0.371. The molecule has 1 unspecified atom stereocenters. The fourth-order valence-electron chi connectivity index (χ4n) is 5.75. The lowest BCUT2D eigenvalue weighted by Gasteiger charge is -2.35. The molecular formula is C29H33FN6O3. The number of aromatic nitrogens is 4. The van der Waals surface area contributed by atoms with Gasteiger partial charge in [-0.1, -0.05) is 24.6 Å². The van der Waals surface area contributed by atoms with Crippen LogP contribution in [0.4, 0.5) is 21.6 Å². The Balaban J connectivity index is 1.53. The maximum absolute atomic E-state index is 14.1. The molecule has 2 aromatic carbocycles. The number of para-hydroxylation sites is 1. The van der Waals surface area contributed by atoms with Crippen LogP contribution in [-0.4, -0.2) is 66.3 Å². The number of likely N-dealkylation sites (tertiary alicyclic amines) is 1. The summed E-state index contributed by atoms with van der Waals surface area (Å²) in [7, 11) is 0. The van der Waals surface area contributed by atoms with E-state index in [1.807, 2.05) is 23.1 Å². The molecular weight excluding hydrogens is 499 g/mol. The number of fused-ring (bicyclic) bond motifs is 1. The van der Waals surface area contributed by atoms with Gasteiger partial charge >= 0.3 is 0 Å². The SMILES string of the molecule is CC(c1ccccc1N(c1ccc(F)cc1)c1nn([C@@H]2O[C@H](C)[C@@H](O)[C@H]2O)c2ncncc12)N1CCCCC1. The second kappa shape index (κ2) is 10.6. The first-order valence-electron chi connectivity index (χ1n) is 13.5. The van der Waals surface area contributed by atoms with Gasteiger partial charge in [0.25, 0.3) is 0 Å². The highest BCUT2D eigenvalue weighted by molar-refractivity contribution is 5.94. The number of aliphatic hydroxyl groups is 2. The Morgan fingerprint density at radius 2 is 1.77 bits per heavy atom. The largest absolute Gasteiger partial charge is 0.388 e. The zero-order valence-electron chi connectivity index (χ0n) is 22.1. The van der Waals surface area contributed by atoms with Crippen LogP contribution in [-0.2, 0) is 4.74 Å². The van der Waals surface area contributed by atoms with E-state index in [1.54, 1.807) is 25.3 Å². The van der Waals surface area contributed by atoms with Crippen LogP contribution in [0.1, 0.15) is 50.9 Å². The monoisotopic (exact) mass is 532 g/mol. The highest BCUT2D eigenvalue weighted by Crippen LogP contribution is 2.43. The Kier molecular flexibility index (Phi) is 7.03. The molecule has 0 saturated carbocycles. The van der Waals surface area contributed by atoms with E-state index in [0.717, 1.165) is 24.3 Å². The molecule has 5 atom stereocenters. The number of piperidine rings is 1. The number of anilines is 3. The van der Waals surface area contributed by atoms with E-state index < -0.39 is 24.5 Å². The average molecular weight is 533 g/mol. The summed E-state index contributed by atoms with van der Waals surface area (Å²) in [6, 6.07) is 14.6. The van der Waals surface area contributed by atoms with Gasteiger partial charge in [0.2, 0.25) is 0 Å². The minimum atomic E-state index is -1.18. The van der Waals surface area contributed by atoms with Crippen LogP contribution in [0.25, 0.3) is 11.0 Å². The van der Waals surface area contributed by atoms with Gasteiger partial charge in [0.05, 0.1) is 17.2 Å². The molecule has 2 aliphatic heterocycles. The molecule has 0 aliphatic carbocycles. The first-order valence-corrected chi connectivity index (χ1v) is 13.5. The molecule has 0 amide bonds. The van der Waals surface area contributed by atoms with Gasteiger partial charge in [0.15, 0.2) is 17.7 Å². The van der Waals surface area contributed by atoms with Gasteiger partial charge in [-0.25, -0.2) is 19.0 Å². The lowest BCUT2D eigenvalue weighted by Crippen LogP contribution is -2.33. The van der Waals surface area contributed by atoms with Crippen LogP contribution < -0.4 is 4.90 Å². The second-order valence-electron chi connectivity index (χ2n) is 10.4. The third kappa shape index (κ3) is 4.67. The molecule has 6 rings (SSSR count). The Hall–Kier alpha value is -3.44. The summed E-state index contributed by atoms with van der Waals surface area (Å²) >= 11 is 0. The van der Waals surface area contributed by atoms with Crippen LogP contribution in [0.15, 0.2) is 61.1 Å². The number of halogens is 1. The molecule has 2 saturated heterocycles. The summed E-state index contributed by atoms with van der Waals surface area (Å²) < 4.78 is 21.5. The van der Waals surface area contributed by atoms with Gasteiger partial charge in [0, 0.05) is 17.9 Å². The van der Waals surface area contributed by atoms with E-state index >= 15 is 0 Å². The van der Waals surface area contributed by atoms with Crippen molar-refractivity contribution in [1.82, 2.24) is 24.6 Å². The molecule has 0 radical (unpaired) electrons. The fraction of sp³-hybridized carbons (Fsp3) is 0.414. The Labute approximate surface area is 226 Å². The number of nitrogens with zero attached hydrogens (tertiary/aromatic N) is 6. The van der Waals surface area contributed by atoms with Crippen molar-refractivity contribution < 1.29 is 19.3 Å². The van der Waals surface area contributed by atoms with Crippen molar-refractivity contribution in [3.63, 3.8) is 0 Å². The molecule has 2 N–H and O–H groups in total. The Bertz CT molecular complexity index is 1440. The lowest BCUT2D eigenvalue weighted by molar-refractivity contribution is -0.0370. The number of aliphatic hydroxyl groups excluding tert-OH is 2. The molecule has 2 aliphatic rings. The van der Waals surface area contributed by atoms with Crippen molar-refractivity contribution in [2.45, 2.75) is 63.7 Å². The smallest absolute Gasteiger partial charge is 0.181 e. The van der Waals surface area contributed by atoms with Crippen molar-refractivity contribution in [2.75, 3.05) is 18.0 Å². The van der Waals surface area contributed by atoms with Gasteiger partial charge in [0.1, 0.15) is 24.4 Å². The minimum absolute atomic E-state index is 0.144. The van der Waals surface area contributed by atoms with E-state index in [0.29, 0.717) is 22.5 Å². The summed E-state index contributed by atoms with van der Waals surface area (Å²) in [6.07, 6.45) is 2.94. The number of rotatable bonds is 6. The third-order valence-electron chi connectivity index (χ3n) is 7.93. The molecule has 10 heteroatoms. The summed E-state index contributed by atoms with van der Waals surface area (Å²) in [5.41, 5.74) is 3.19. The predicted molar refractivity (Wildman–Crippen MR) is 145 cm³/mol. The van der Waals surface area contributed by atoms with Crippen molar-refractivity contribution >= 4 is 28.2 Å². The highest BCUT2D eigenvalue weighted by atomic mass is 19.1. The zero-order valence-corrected chi connectivity index (χ0v) is 22.1. The van der Waals surface area contributed by atoms with Crippen molar-refractivity contribution in [2.24, 2.45) is 0 Å². The molecule has 9 nitrogen and oxygen atoms in total. The maximum Gasteiger partial charge on any atom is 0.181 e. The van der Waals surface area contributed by atoms with Crippen LogP contribution in [0.2, 0.25) is 0 Å². The minimum Gasteiger partial charge on any atom is -0.388 e. The normalized spacial score (nSPS) is 24.7. The van der Waals surface area contributed by atoms with Crippen LogP contribution in [0.3, 0.4) is 0 Å². The van der Waals surface area contributed by atoms with E-state index in [4.69, 9.17) is 9.84 Å². The average Bonchev–Trinajstić information content (AvgIpc) is 3.47. The third-order valence-corrected chi connectivity index (χ3v) is 7.93. The molecule has 4 heterocycles. The first-order chi connectivity index (χ1) is 18.9. The molecule has 2 aromatic heterocycles. The van der Waals surface area contributed by atoms with Gasteiger partial charge in [-0.3, -0.25) is 9.80 Å². The maximum atomic E-state index is 14.1. The highest BCUT2D eigenvalue weighted by Gasteiger charge is 2.43. The summed E-state index contributed by atoms with van der Waals surface area (Å²) in [5.74, 6) is 0.179. The summed E-state index contributed by atoms with van der Waals surface area (Å²) in [5, 5.41) is 26.7. The fourth-order valence-corrected chi connectivity index (χ4v) is 5.75. The van der Waals surface area contributed by atoms with E-state index in [2.05, 4.69) is 27.9 Å². The van der Waals surface area contributed by atoms with Crippen molar-refractivity contribution in [3.8, 4) is 0 Å². The molecule has 204 valence electrons. The molecule has 2 fully saturated rings. The summed E-state index contributed by atoms with van der Waals surface area (Å²) in [4.78, 5) is 13.2. The Morgan fingerprint density at radius 1 is 1.03 bits per heavy atom. The van der Waals surface area contributed by atoms with Crippen LogP contribution >= 0.6 is 0 Å². The molecule has 39 heavy (non-hydrogen) atoms. The van der Waals surface area contributed by atoms with Crippen molar-refractivity contribution in [1.29, 1.82) is 0 Å². The van der Waals surface area contributed by atoms with Crippen LogP contribution in [0.5, 0.6) is 0 Å². The molecule has 4 aromatic rings. The standard InChI is InChI=1S/C29H33FN6O3/c1-18(34-14-6-3-7-15-34)22-8-4-5-9-24(22)35(21-12-10-20(30)11-13-21)28-23-16-31-17-32-27(23)36(33-28)29-26(38)25(37)19(2)39-29/h4-5,8-13,16-19,25-26,29,37-38H,3,6-7,14-15H2,1-2H3/t18?,19-,25-,26-,29-/m1/s1. The summed E-state index contributed by atoms with van der Waals surface area (Å²) in [6.45, 7) is 6.00. The second-order valence-corrected chi connectivity index (χ2v) is 10.4. The number of hydrogen-bond donors (Lipinski definition) is 2. The van der Waals surface area contributed by atoms with Gasteiger partial charge in [-0.15, -0.1) is 5.10 Å². The van der Waals surface area contributed by atoms with E-state index in [1.165, 1.54) is 42.4 Å². The predicted octanol–water partition coefficient (Wildman–Crippen LogP) is 4.62. The molecule has 0 bridgehead atoms. The number of ether oxygens (including phenoxy) is 1. The number of hydrogen-bond acceptors (Lipinski definition) is 8. The zero-order chi connectivity index (χ0) is 27.1. The van der Waals surface area contributed by atoms with E-state index in [-0.39, 0.29) is 11.9 Å².